The lowest BCUT2D eigenvalue weighted by Crippen LogP contribution is -2.16. The van der Waals surface area contributed by atoms with E-state index in [1.165, 1.54) is 0 Å². The van der Waals surface area contributed by atoms with Crippen molar-refractivity contribution in [2.75, 3.05) is 0 Å². The van der Waals surface area contributed by atoms with Gasteiger partial charge in [0.25, 0.3) is 0 Å². The fourth-order valence-corrected chi connectivity index (χ4v) is 0.999. The maximum Gasteiger partial charge on any atom is 0.312 e. The lowest BCUT2D eigenvalue weighted by Gasteiger charge is -2.02. The zero-order valence-corrected chi connectivity index (χ0v) is 5.22. The van der Waals surface area contributed by atoms with E-state index in [9.17, 15) is 9.18 Å². The number of hydrogen-bond donors (Lipinski definition) is 1. The molecule has 0 radical (unpaired) electrons. The molecule has 2 nitrogen and oxygen atoms in total. The summed E-state index contributed by atoms with van der Waals surface area (Å²) in [5.74, 6) is -0.988. The van der Waals surface area contributed by atoms with Crippen molar-refractivity contribution in [2.45, 2.75) is 25.9 Å². The molecule has 1 unspecified atom stereocenters. The minimum Gasteiger partial charge on any atom is -0.481 e. The van der Waals surface area contributed by atoms with Gasteiger partial charge in [-0.3, -0.25) is 4.79 Å². The van der Waals surface area contributed by atoms with Crippen LogP contribution in [-0.2, 0) is 4.79 Å². The molecule has 0 aromatic heterocycles. The molecular formula is C6H9FO2. The second-order valence-corrected chi connectivity index (χ2v) is 2.49. The molecule has 0 aromatic carbocycles. The van der Waals surface area contributed by atoms with E-state index in [0.717, 1.165) is 0 Å². The Kier molecular flexibility index (Phi) is 1.22. The molecule has 3 heteroatoms. The molecule has 0 aromatic rings. The van der Waals surface area contributed by atoms with Gasteiger partial charge in [0, 0.05) is 0 Å². The first kappa shape index (κ1) is 6.52. The highest BCUT2D eigenvalue weighted by atomic mass is 19.1. The predicted octanol–water partition coefficient (Wildman–Crippen LogP) is 1.21. The summed E-state index contributed by atoms with van der Waals surface area (Å²) in [6, 6.07) is 0. The number of alkyl halides is 1. The van der Waals surface area contributed by atoms with Crippen LogP contribution in [0.5, 0.6) is 0 Å². The van der Waals surface area contributed by atoms with Gasteiger partial charge in [-0.2, -0.15) is 0 Å². The lowest BCUT2D eigenvalue weighted by molar-refractivity contribution is -0.144. The first-order valence-corrected chi connectivity index (χ1v) is 3.01. The maximum absolute atomic E-state index is 12.3. The van der Waals surface area contributed by atoms with Gasteiger partial charge in [-0.05, 0) is 12.8 Å². The van der Waals surface area contributed by atoms with E-state index in [4.69, 9.17) is 5.11 Å². The molecule has 9 heavy (non-hydrogen) atoms. The summed E-state index contributed by atoms with van der Waals surface area (Å²) in [6.45, 7) is 1.70. The van der Waals surface area contributed by atoms with Crippen LogP contribution in [0, 0.1) is 5.41 Å². The van der Waals surface area contributed by atoms with E-state index in [2.05, 4.69) is 0 Å². The monoisotopic (exact) mass is 132 g/mol. The molecule has 2 atom stereocenters. The summed E-state index contributed by atoms with van der Waals surface area (Å²) < 4.78 is 12.3. The average Bonchev–Trinajstić information content (AvgIpc) is 2.43. The van der Waals surface area contributed by atoms with Crippen LogP contribution in [0.25, 0.3) is 0 Å². The first-order valence-electron chi connectivity index (χ1n) is 3.01. The van der Waals surface area contributed by atoms with Crippen LogP contribution >= 0.6 is 0 Å². The molecule has 1 fully saturated rings. The molecule has 0 amide bonds. The van der Waals surface area contributed by atoms with Crippen molar-refractivity contribution in [2.24, 2.45) is 5.41 Å². The Labute approximate surface area is 52.7 Å². The quantitative estimate of drug-likeness (QED) is 0.613. The minimum atomic E-state index is -1.10. The van der Waals surface area contributed by atoms with Crippen LogP contribution in [0.15, 0.2) is 0 Å². The molecule has 52 valence electrons. The summed E-state index contributed by atoms with van der Waals surface area (Å²) in [7, 11) is 0. The van der Waals surface area contributed by atoms with Crippen molar-refractivity contribution in [3.63, 3.8) is 0 Å². The third-order valence-electron chi connectivity index (χ3n) is 2.04. The van der Waals surface area contributed by atoms with Crippen LogP contribution in [0.4, 0.5) is 4.39 Å². The number of hydrogen-bond acceptors (Lipinski definition) is 1. The minimum absolute atomic E-state index is 0.207. The van der Waals surface area contributed by atoms with E-state index in [-0.39, 0.29) is 6.42 Å². The van der Waals surface area contributed by atoms with Gasteiger partial charge in [0.15, 0.2) is 0 Å². The predicted molar refractivity (Wildman–Crippen MR) is 29.9 cm³/mol. The topological polar surface area (TPSA) is 37.3 Å². The molecule has 0 aliphatic heterocycles. The van der Waals surface area contributed by atoms with E-state index in [0.29, 0.717) is 6.42 Å². The van der Waals surface area contributed by atoms with Gasteiger partial charge in [0.1, 0.15) is 11.6 Å². The Bertz CT molecular complexity index is 142. The number of carboxylic acid groups (broad SMARTS) is 1. The number of carboxylic acids is 1. The van der Waals surface area contributed by atoms with E-state index in [1.807, 2.05) is 0 Å². The summed E-state index contributed by atoms with van der Waals surface area (Å²) >= 11 is 0. The molecule has 1 aliphatic rings. The normalized spacial score (nSPS) is 40.4. The Morgan fingerprint density at radius 3 is 2.44 bits per heavy atom. The SMILES string of the molecule is CC[C@@]1(C(=O)O)CC1F. The number of aliphatic carboxylic acids is 1. The average molecular weight is 132 g/mol. The second-order valence-electron chi connectivity index (χ2n) is 2.49. The van der Waals surface area contributed by atoms with Gasteiger partial charge in [-0.25, -0.2) is 4.39 Å². The highest BCUT2D eigenvalue weighted by molar-refractivity contribution is 5.79. The standard InChI is InChI=1S/C6H9FO2/c1-2-6(5(8)9)3-4(6)7/h4H,2-3H2,1H3,(H,8,9)/t4?,6-/m1/s1. The van der Waals surface area contributed by atoms with Gasteiger partial charge in [0.05, 0.1) is 0 Å². The van der Waals surface area contributed by atoms with Crippen molar-refractivity contribution in [3.8, 4) is 0 Å². The first-order chi connectivity index (χ1) is 4.13. The highest BCUT2D eigenvalue weighted by Gasteiger charge is 2.60. The van der Waals surface area contributed by atoms with Crippen molar-refractivity contribution in [1.29, 1.82) is 0 Å². The van der Waals surface area contributed by atoms with Gasteiger partial charge in [-0.15, -0.1) is 0 Å². The van der Waals surface area contributed by atoms with Crippen molar-refractivity contribution >= 4 is 5.97 Å². The van der Waals surface area contributed by atoms with Gasteiger partial charge >= 0.3 is 5.97 Å². The summed E-state index contributed by atoms with van der Waals surface area (Å²) in [6.07, 6.45) is -0.484. The van der Waals surface area contributed by atoms with Crippen LogP contribution in [-0.4, -0.2) is 17.2 Å². The number of carbonyl (C=O) groups is 1. The van der Waals surface area contributed by atoms with Crippen LogP contribution < -0.4 is 0 Å². The van der Waals surface area contributed by atoms with E-state index >= 15 is 0 Å². The largest absolute Gasteiger partial charge is 0.481 e. The fourth-order valence-electron chi connectivity index (χ4n) is 0.999. The van der Waals surface area contributed by atoms with Gasteiger partial charge in [-0.1, -0.05) is 6.92 Å². The summed E-state index contributed by atoms with van der Waals surface area (Å²) in [5, 5.41) is 8.43. The van der Waals surface area contributed by atoms with Crippen molar-refractivity contribution in [1.82, 2.24) is 0 Å². The fraction of sp³-hybridized carbons (Fsp3) is 0.833. The zero-order valence-electron chi connectivity index (χ0n) is 5.22. The molecule has 1 N–H and O–H groups in total. The Hall–Kier alpha value is -0.600. The summed E-state index contributed by atoms with van der Waals surface area (Å²) in [4.78, 5) is 10.3. The molecule has 1 rings (SSSR count). The Balaban J connectivity index is 2.62. The van der Waals surface area contributed by atoms with Crippen molar-refractivity contribution < 1.29 is 14.3 Å². The highest BCUT2D eigenvalue weighted by Crippen LogP contribution is 2.51. The van der Waals surface area contributed by atoms with E-state index < -0.39 is 17.6 Å². The Morgan fingerprint density at radius 2 is 2.44 bits per heavy atom. The lowest BCUT2D eigenvalue weighted by atomic mass is 10.0. The maximum atomic E-state index is 12.3. The zero-order chi connectivity index (χ0) is 7.07. The van der Waals surface area contributed by atoms with Crippen molar-refractivity contribution in [3.05, 3.63) is 0 Å². The van der Waals surface area contributed by atoms with Crippen LogP contribution in [0.3, 0.4) is 0 Å². The van der Waals surface area contributed by atoms with Crippen LogP contribution in [0.1, 0.15) is 19.8 Å². The van der Waals surface area contributed by atoms with Gasteiger partial charge in [0.2, 0.25) is 0 Å². The molecule has 0 saturated heterocycles. The molecular weight excluding hydrogens is 123 g/mol. The van der Waals surface area contributed by atoms with Gasteiger partial charge < -0.3 is 5.11 Å². The smallest absolute Gasteiger partial charge is 0.312 e. The molecule has 0 spiro atoms. The second kappa shape index (κ2) is 1.69. The third-order valence-corrected chi connectivity index (χ3v) is 2.04. The summed E-state index contributed by atoms with van der Waals surface area (Å²) in [5.41, 5.74) is -1.00. The van der Waals surface area contributed by atoms with E-state index in [1.54, 1.807) is 6.92 Å². The molecule has 1 aliphatic carbocycles. The molecule has 0 heterocycles. The third kappa shape index (κ3) is 0.713. The Morgan fingerprint density at radius 1 is 2.00 bits per heavy atom. The molecule has 1 saturated carbocycles. The molecule has 0 bridgehead atoms. The number of halogens is 1. The van der Waals surface area contributed by atoms with Crippen LogP contribution in [0.2, 0.25) is 0 Å². The number of rotatable bonds is 2.